The first-order chi connectivity index (χ1) is 14.1. The summed E-state index contributed by atoms with van der Waals surface area (Å²) >= 11 is 6.02. The minimum absolute atomic E-state index is 0.148. The number of nitrogens with zero attached hydrogens (tertiary/aromatic N) is 3. The van der Waals surface area contributed by atoms with Crippen LogP contribution < -0.4 is 9.47 Å². The molecule has 150 valence electrons. The Morgan fingerprint density at radius 1 is 1.17 bits per heavy atom. The molecule has 8 heteroatoms. The van der Waals surface area contributed by atoms with Crippen LogP contribution in [0.2, 0.25) is 5.02 Å². The third-order valence-electron chi connectivity index (χ3n) is 4.98. The van der Waals surface area contributed by atoms with Crippen LogP contribution in [-0.4, -0.2) is 41.7 Å². The minimum Gasteiger partial charge on any atom is -0.497 e. The molecule has 0 unspecified atom stereocenters. The number of methoxy groups -OCH3 is 2. The number of rotatable bonds is 5. The van der Waals surface area contributed by atoms with Crippen molar-refractivity contribution in [2.45, 2.75) is 18.9 Å². The molecule has 1 atom stereocenters. The van der Waals surface area contributed by atoms with Crippen LogP contribution in [-0.2, 0) is 0 Å². The summed E-state index contributed by atoms with van der Waals surface area (Å²) in [4.78, 5) is 19.5. The van der Waals surface area contributed by atoms with Gasteiger partial charge in [-0.1, -0.05) is 16.8 Å². The molecule has 0 N–H and O–H groups in total. The lowest BCUT2D eigenvalue weighted by Crippen LogP contribution is -2.31. The second-order valence-corrected chi connectivity index (χ2v) is 7.12. The molecule has 0 saturated carbocycles. The monoisotopic (exact) mass is 413 g/mol. The molecular weight excluding hydrogens is 394 g/mol. The summed E-state index contributed by atoms with van der Waals surface area (Å²) in [6.45, 7) is 0.607. The van der Waals surface area contributed by atoms with Crippen LogP contribution in [0.1, 0.15) is 35.1 Å². The van der Waals surface area contributed by atoms with Gasteiger partial charge < -0.3 is 18.9 Å². The van der Waals surface area contributed by atoms with Crippen molar-refractivity contribution in [3.05, 3.63) is 58.9 Å². The van der Waals surface area contributed by atoms with Gasteiger partial charge in [0.2, 0.25) is 11.7 Å². The fraction of sp³-hybridized carbons (Fsp3) is 0.286. The van der Waals surface area contributed by atoms with Crippen LogP contribution in [0.3, 0.4) is 0 Å². The molecule has 1 aliphatic rings. The number of likely N-dealkylation sites (tertiary alicyclic amines) is 1. The Labute approximate surface area is 173 Å². The van der Waals surface area contributed by atoms with E-state index in [0.717, 1.165) is 24.2 Å². The number of halogens is 1. The van der Waals surface area contributed by atoms with Gasteiger partial charge in [0.25, 0.3) is 5.91 Å². The van der Waals surface area contributed by atoms with Crippen LogP contribution in [0.25, 0.3) is 11.4 Å². The number of carbonyl (C=O) groups excluding carboxylic acids is 1. The van der Waals surface area contributed by atoms with E-state index in [1.165, 1.54) is 7.11 Å². The zero-order chi connectivity index (χ0) is 20.4. The van der Waals surface area contributed by atoms with Gasteiger partial charge in [-0.25, -0.2) is 0 Å². The Hall–Kier alpha value is -3.06. The lowest BCUT2D eigenvalue weighted by molar-refractivity contribution is 0.0706. The third kappa shape index (κ3) is 3.78. The highest BCUT2D eigenvalue weighted by Crippen LogP contribution is 2.35. The molecule has 1 fully saturated rings. The summed E-state index contributed by atoms with van der Waals surface area (Å²) in [6, 6.07) is 12.1. The van der Waals surface area contributed by atoms with Crippen molar-refractivity contribution in [2.75, 3.05) is 20.8 Å². The maximum absolute atomic E-state index is 13.2. The normalized spacial score (nSPS) is 16.1. The van der Waals surface area contributed by atoms with Gasteiger partial charge in [0.15, 0.2) is 0 Å². The third-order valence-corrected chi connectivity index (χ3v) is 5.22. The van der Waals surface area contributed by atoms with Crippen LogP contribution in [0.5, 0.6) is 11.5 Å². The highest BCUT2D eigenvalue weighted by atomic mass is 35.5. The van der Waals surface area contributed by atoms with E-state index in [4.69, 9.17) is 25.6 Å². The highest BCUT2D eigenvalue weighted by molar-refractivity contribution is 6.30. The molecule has 4 rings (SSSR count). The lowest BCUT2D eigenvalue weighted by Gasteiger charge is -2.22. The predicted molar refractivity (Wildman–Crippen MR) is 107 cm³/mol. The van der Waals surface area contributed by atoms with Crippen molar-refractivity contribution in [2.24, 2.45) is 0 Å². The smallest absolute Gasteiger partial charge is 0.258 e. The number of hydrogen-bond acceptors (Lipinski definition) is 6. The van der Waals surface area contributed by atoms with Gasteiger partial charge in [0.05, 0.1) is 19.8 Å². The van der Waals surface area contributed by atoms with Gasteiger partial charge in [-0.05, 0) is 55.3 Å². The van der Waals surface area contributed by atoms with Crippen molar-refractivity contribution >= 4 is 17.5 Å². The maximum atomic E-state index is 13.2. The SMILES string of the molecule is COc1ccc(-c2noc([C@@H]3CCCN3C(=O)c3ccc(Cl)cc3OC)n2)cc1. The fourth-order valence-corrected chi connectivity index (χ4v) is 3.65. The molecule has 2 aromatic carbocycles. The summed E-state index contributed by atoms with van der Waals surface area (Å²) in [6.07, 6.45) is 1.61. The Morgan fingerprint density at radius 3 is 2.69 bits per heavy atom. The van der Waals surface area contributed by atoms with Crippen molar-refractivity contribution in [3.8, 4) is 22.9 Å². The van der Waals surface area contributed by atoms with Crippen molar-refractivity contribution in [1.29, 1.82) is 0 Å². The fourth-order valence-electron chi connectivity index (χ4n) is 3.49. The number of amides is 1. The second-order valence-electron chi connectivity index (χ2n) is 6.69. The summed E-state index contributed by atoms with van der Waals surface area (Å²) in [5.74, 6) is 1.95. The standard InChI is InChI=1S/C21H20ClN3O4/c1-27-15-8-5-13(6-9-15)19-23-20(29-24-19)17-4-3-11-25(17)21(26)16-10-7-14(22)12-18(16)28-2/h5-10,12,17H,3-4,11H2,1-2H3/t17-/m0/s1. The van der Waals surface area contributed by atoms with Crippen LogP contribution in [0.4, 0.5) is 0 Å². The molecule has 0 spiro atoms. The van der Waals surface area contributed by atoms with Gasteiger partial charge in [0, 0.05) is 17.1 Å². The zero-order valence-electron chi connectivity index (χ0n) is 16.1. The average molecular weight is 414 g/mol. The molecule has 0 bridgehead atoms. The molecule has 0 radical (unpaired) electrons. The number of ether oxygens (including phenoxy) is 2. The second kappa shape index (κ2) is 8.13. The Balaban J connectivity index is 1.59. The van der Waals surface area contributed by atoms with Crippen molar-refractivity contribution < 1.29 is 18.8 Å². The summed E-state index contributed by atoms with van der Waals surface area (Å²) in [5.41, 5.74) is 1.27. The van der Waals surface area contributed by atoms with Crippen LogP contribution in [0, 0.1) is 0 Å². The van der Waals surface area contributed by atoms with Crippen molar-refractivity contribution in [3.63, 3.8) is 0 Å². The first-order valence-electron chi connectivity index (χ1n) is 9.23. The van der Waals surface area contributed by atoms with E-state index >= 15 is 0 Å². The summed E-state index contributed by atoms with van der Waals surface area (Å²) < 4.78 is 16.0. The quantitative estimate of drug-likeness (QED) is 0.617. The van der Waals surface area contributed by atoms with Gasteiger partial charge in [-0.2, -0.15) is 4.98 Å². The van der Waals surface area contributed by atoms with Crippen molar-refractivity contribution in [1.82, 2.24) is 15.0 Å². The molecule has 2 heterocycles. The number of hydrogen-bond donors (Lipinski definition) is 0. The Morgan fingerprint density at radius 2 is 1.97 bits per heavy atom. The van der Waals surface area contributed by atoms with E-state index in [1.54, 1.807) is 30.2 Å². The van der Waals surface area contributed by atoms with E-state index in [9.17, 15) is 4.79 Å². The predicted octanol–water partition coefficient (Wildman–Crippen LogP) is 4.38. The molecule has 7 nitrogen and oxygen atoms in total. The van der Waals surface area contributed by atoms with Gasteiger partial charge in [0.1, 0.15) is 17.5 Å². The molecule has 29 heavy (non-hydrogen) atoms. The first kappa shape index (κ1) is 19.3. The van der Waals surface area contributed by atoms with E-state index in [2.05, 4.69) is 10.1 Å². The average Bonchev–Trinajstić information content (AvgIpc) is 3.42. The van der Waals surface area contributed by atoms with Crippen LogP contribution in [0.15, 0.2) is 47.0 Å². The minimum atomic E-state index is -0.276. The first-order valence-corrected chi connectivity index (χ1v) is 9.61. The van der Waals surface area contributed by atoms with Crippen LogP contribution >= 0.6 is 11.6 Å². The molecule has 1 amide bonds. The number of carbonyl (C=O) groups is 1. The molecule has 1 aromatic heterocycles. The van der Waals surface area contributed by atoms with E-state index < -0.39 is 0 Å². The van der Waals surface area contributed by atoms with Gasteiger partial charge >= 0.3 is 0 Å². The lowest BCUT2D eigenvalue weighted by atomic mass is 10.1. The number of benzene rings is 2. The number of aromatic nitrogens is 2. The van der Waals surface area contributed by atoms with E-state index in [-0.39, 0.29) is 11.9 Å². The molecule has 1 aliphatic heterocycles. The Bertz CT molecular complexity index is 1020. The topological polar surface area (TPSA) is 77.7 Å². The summed E-state index contributed by atoms with van der Waals surface area (Å²) in [5, 5.41) is 4.60. The van der Waals surface area contributed by atoms with E-state index in [0.29, 0.717) is 34.6 Å². The van der Waals surface area contributed by atoms with Gasteiger partial charge in [-0.15, -0.1) is 0 Å². The van der Waals surface area contributed by atoms with Gasteiger partial charge in [-0.3, -0.25) is 4.79 Å². The molecule has 3 aromatic rings. The molecule has 0 aliphatic carbocycles. The highest BCUT2D eigenvalue weighted by Gasteiger charge is 2.35. The maximum Gasteiger partial charge on any atom is 0.258 e. The largest absolute Gasteiger partial charge is 0.497 e. The molecular formula is C21H20ClN3O4. The van der Waals surface area contributed by atoms with E-state index in [1.807, 2.05) is 24.3 Å². The Kier molecular flexibility index (Phi) is 5.40. The molecule has 1 saturated heterocycles. The zero-order valence-corrected chi connectivity index (χ0v) is 16.8. The summed E-state index contributed by atoms with van der Waals surface area (Å²) in [7, 11) is 3.13.